The predicted molar refractivity (Wildman–Crippen MR) is 118 cm³/mol. The molecule has 34 heavy (non-hydrogen) atoms. The normalized spacial score (nSPS) is 14.5. The second kappa shape index (κ2) is 12.0. The fourth-order valence-electron chi connectivity index (χ4n) is 3.74. The van der Waals surface area contributed by atoms with Gasteiger partial charge >= 0.3 is 35.2 Å². The molecule has 0 radical (unpaired) electrons. The molecule has 1 saturated heterocycles. The number of aryl methyl sites for hydroxylation is 1. The minimum absolute atomic E-state index is 0. The largest absolute Gasteiger partial charge is 1.00 e. The van der Waals surface area contributed by atoms with E-state index in [-0.39, 0.29) is 40.8 Å². The average molecular weight is 521 g/mol. The summed E-state index contributed by atoms with van der Waals surface area (Å²) in [4.78, 5) is 59.2. The van der Waals surface area contributed by atoms with Gasteiger partial charge in [-0.05, 0) is 12.1 Å². The smallest absolute Gasteiger partial charge is 0.822 e. The van der Waals surface area contributed by atoms with Crippen molar-refractivity contribution in [3.05, 3.63) is 56.5 Å². The Kier molecular flexibility index (Phi) is 10.1. The molecule has 3 aromatic rings. The molecule has 1 aromatic carbocycles. The van der Waals surface area contributed by atoms with Crippen molar-refractivity contribution in [2.45, 2.75) is 6.54 Å². The number of rotatable bonds is 4. The van der Waals surface area contributed by atoms with E-state index < -0.39 is 7.82 Å². The first kappa shape index (κ1) is 28.8. The number of imidazole rings is 1. The van der Waals surface area contributed by atoms with E-state index in [0.717, 1.165) is 48.0 Å². The number of nitrogens with zero attached hydrogens (tertiary/aromatic N) is 6. The third kappa shape index (κ3) is 7.03. The van der Waals surface area contributed by atoms with Gasteiger partial charge in [0.25, 0.3) is 5.56 Å². The number of halogens is 1. The van der Waals surface area contributed by atoms with Crippen LogP contribution in [0.1, 0.15) is 0 Å². The van der Waals surface area contributed by atoms with Crippen LogP contribution in [0.25, 0.3) is 11.2 Å². The number of para-hydroxylation sites is 1. The molecule has 3 heterocycles. The maximum absolute atomic E-state index is 12.5. The van der Waals surface area contributed by atoms with Crippen LogP contribution < -0.4 is 60.4 Å². The zero-order chi connectivity index (χ0) is 24.3. The predicted octanol–water partition coefficient (Wildman–Crippen LogP) is -4.91. The number of anilines is 1. The molecular weight excluding hydrogens is 498 g/mol. The Morgan fingerprint density at radius 2 is 1.59 bits per heavy atom. The van der Waals surface area contributed by atoms with E-state index in [0.29, 0.717) is 17.7 Å². The van der Waals surface area contributed by atoms with Gasteiger partial charge in [0, 0.05) is 53.4 Å². The zero-order valence-corrected chi connectivity index (χ0v) is 22.7. The van der Waals surface area contributed by atoms with E-state index in [2.05, 4.69) is 20.9 Å². The van der Waals surface area contributed by atoms with Crippen molar-refractivity contribution in [3.63, 3.8) is 0 Å². The summed E-state index contributed by atoms with van der Waals surface area (Å²) in [6.07, 6.45) is 1.64. The summed E-state index contributed by atoms with van der Waals surface area (Å²) in [6.45, 7) is 5.13. The third-order valence-electron chi connectivity index (χ3n) is 5.44. The van der Waals surface area contributed by atoms with Gasteiger partial charge in [0.05, 0.1) is 17.0 Å². The standard InChI is InChI=1S/C19H23ClN6O2.Na.H3O4P/c1-22-17-16(18(27)23(2)19(22)28)26(13-21-17)12-9-24-7-10-25(11-8-24)15-6-4-3-5-14(15)20;;1-5(2,3)4/h3-6,13H,7-12H2,1-2H3;;(H3,1,2,3,4)/q;+1;/p-3. The van der Waals surface area contributed by atoms with Crippen LogP contribution in [0.2, 0.25) is 5.02 Å². The van der Waals surface area contributed by atoms with E-state index in [1.54, 1.807) is 13.4 Å². The number of hydrogen-bond acceptors (Lipinski definition) is 9. The fraction of sp³-hybridized carbons (Fsp3) is 0.421. The van der Waals surface area contributed by atoms with Gasteiger partial charge in [-0.15, -0.1) is 0 Å². The van der Waals surface area contributed by atoms with Crippen molar-refractivity contribution < 1.29 is 48.8 Å². The van der Waals surface area contributed by atoms with Crippen molar-refractivity contribution in [2.24, 2.45) is 14.1 Å². The number of fused-ring (bicyclic) bond motifs is 1. The van der Waals surface area contributed by atoms with Crippen LogP contribution in [0.5, 0.6) is 0 Å². The van der Waals surface area contributed by atoms with E-state index in [4.69, 9.17) is 30.8 Å². The van der Waals surface area contributed by atoms with E-state index in [9.17, 15) is 9.59 Å². The first-order valence-electron chi connectivity index (χ1n) is 10.0. The number of piperazine rings is 1. The van der Waals surface area contributed by atoms with E-state index in [1.165, 1.54) is 11.6 Å². The van der Waals surface area contributed by atoms with Crippen molar-refractivity contribution in [3.8, 4) is 0 Å². The number of phosphoric acid groups is 1. The monoisotopic (exact) mass is 520 g/mol. The zero-order valence-electron chi connectivity index (χ0n) is 19.1. The topological polar surface area (TPSA) is 155 Å². The summed E-state index contributed by atoms with van der Waals surface area (Å²) >= 11 is 6.31. The van der Waals surface area contributed by atoms with Gasteiger partial charge in [-0.3, -0.25) is 18.8 Å². The Morgan fingerprint density at radius 3 is 2.18 bits per heavy atom. The summed E-state index contributed by atoms with van der Waals surface area (Å²) in [6, 6.07) is 7.92. The minimum atomic E-state index is -5.39. The first-order valence-corrected chi connectivity index (χ1v) is 11.9. The molecule has 1 fully saturated rings. The molecular formula is C19H23ClN6NaO6P-2. The molecule has 12 nitrogen and oxygen atoms in total. The minimum Gasteiger partial charge on any atom is -0.822 e. The number of aromatic nitrogens is 4. The molecule has 180 valence electrons. The van der Waals surface area contributed by atoms with Crippen LogP contribution >= 0.6 is 19.4 Å². The molecule has 0 bridgehead atoms. The van der Waals surface area contributed by atoms with E-state index in [1.807, 2.05) is 22.8 Å². The average Bonchev–Trinajstić information content (AvgIpc) is 3.19. The summed E-state index contributed by atoms with van der Waals surface area (Å²) in [5.74, 6) is 0. The fourth-order valence-corrected chi connectivity index (χ4v) is 3.99. The molecule has 0 unspecified atom stereocenters. The van der Waals surface area contributed by atoms with Gasteiger partial charge in [0.1, 0.15) is 0 Å². The van der Waals surface area contributed by atoms with Gasteiger partial charge in [-0.25, -0.2) is 9.78 Å². The number of hydrogen-bond donors (Lipinski definition) is 0. The van der Waals surface area contributed by atoms with Gasteiger partial charge in [0.15, 0.2) is 11.2 Å². The summed E-state index contributed by atoms with van der Waals surface area (Å²) in [5.41, 5.74) is 1.31. The Bertz CT molecular complexity index is 1290. The Labute approximate surface area is 222 Å². The molecule has 0 saturated carbocycles. The van der Waals surface area contributed by atoms with Crippen molar-refractivity contribution in [1.29, 1.82) is 0 Å². The molecule has 1 aliphatic heterocycles. The Balaban J connectivity index is 0.000000619. The molecule has 4 rings (SSSR count). The van der Waals surface area contributed by atoms with Crippen LogP contribution in [-0.4, -0.2) is 56.3 Å². The maximum atomic E-state index is 12.5. The molecule has 15 heteroatoms. The van der Waals surface area contributed by atoms with E-state index >= 15 is 0 Å². The van der Waals surface area contributed by atoms with Gasteiger partial charge in [0.2, 0.25) is 0 Å². The molecule has 1 aliphatic rings. The van der Waals surface area contributed by atoms with Crippen LogP contribution in [0.15, 0.2) is 40.2 Å². The summed E-state index contributed by atoms with van der Waals surface area (Å²) in [5, 5.41) is 0.780. The Hall–Kier alpha value is -1.47. The van der Waals surface area contributed by atoms with Crippen LogP contribution in [0.3, 0.4) is 0 Å². The first-order chi connectivity index (χ1) is 15.5. The summed E-state index contributed by atoms with van der Waals surface area (Å²) < 4.78 is 12.9. The Morgan fingerprint density at radius 1 is 1.00 bits per heavy atom. The van der Waals surface area contributed by atoms with Gasteiger partial charge in [-0.2, -0.15) is 7.82 Å². The third-order valence-corrected chi connectivity index (χ3v) is 5.76. The van der Waals surface area contributed by atoms with Gasteiger partial charge < -0.3 is 28.7 Å². The quantitative estimate of drug-likeness (QED) is 0.243. The molecule has 0 aliphatic carbocycles. The van der Waals surface area contributed by atoms with Crippen molar-refractivity contribution >= 4 is 36.3 Å². The summed E-state index contributed by atoms with van der Waals surface area (Å²) in [7, 11) is -2.26. The second-order valence-electron chi connectivity index (χ2n) is 7.54. The molecule has 0 N–H and O–H groups in total. The van der Waals surface area contributed by atoms with Crippen LogP contribution in [0.4, 0.5) is 5.69 Å². The molecule has 0 amide bonds. The maximum Gasteiger partial charge on any atom is 1.00 e. The van der Waals surface area contributed by atoms with Crippen LogP contribution in [-0.2, 0) is 25.2 Å². The SMILES string of the molecule is Cn1c(=O)c2c(ncn2CCN2CCN(c3ccccc3Cl)CC2)n(C)c1=O.O=P([O-])([O-])[O-].[Na+]. The molecule has 0 atom stereocenters. The molecule has 2 aromatic heterocycles. The molecule has 0 spiro atoms. The van der Waals surface area contributed by atoms with Gasteiger partial charge in [-0.1, -0.05) is 23.7 Å². The number of benzene rings is 1. The van der Waals surface area contributed by atoms with Crippen molar-refractivity contribution in [1.82, 2.24) is 23.6 Å². The second-order valence-corrected chi connectivity index (χ2v) is 8.84. The van der Waals surface area contributed by atoms with Crippen molar-refractivity contribution in [2.75, 3.05) is 37.6 Å². The van der Waals surface area contributed by atoms with Crippen LogP contribution in [0, 0.1) is 0 Å².